The fraction of sp³-hybridized carbons (Fsp3) is 0.786. The first-order valence-corrected chi connectivity index (χ1v) is 6.29. The predicted octanol–water partition coefficient (Wildman–Crippen LogP) is 3.74. The molecule has 1 heteroatoms. The minimum Gasteiger partial charge on any atom is -0.300 e. The molecule has 84 valence electrons. The Balaban J connectivity index is 2.01. The van der Waals surface area contributed by atoms with Gasteiger partial charge in [-0.3, -0.25) is 4.79 Å². The molecule has 2 fully saturated rings. The number of allylic oxidation sites excluding steroid dienone is 1. The van der Waals surface area contributed by atoms with Crippen molar-refractivity contribution in [2.24, 2.45) is 17.3 Å². The highest BCUT2D eigenvalue weighted by Crippen LogP contribution is 2.60. The van der Waals surface area contributed by atoms with E-state index < -0.39 is 0 Å². The molecule has 2 aliphatic rings. The Morgan fingerprint density at radius 1 is 1.53 bits per heavy atom. The fourth-order valence-electron chi connectivity index (χ4n) is 3.55. The van der Waals surface area contributed by atoms with Gasteiger partial charge in [-0.15, -0.1) is 0 Å². The summed E-state index contributed by atoms with van der Waals surface area (Å²) in [4.78, 5) is 11.4. The molecule has 0 saturated heterocycles. The van der Waals surface area contributed by atoms with E-state index in [1.807, 2.05) is 6.92 Å². The van der Waals surface area contributed by atoms with Crippen molar-refractivity contribution in [2.75, 3.05) is 0 Å². The smallest absolute Gasteiger partial charge is 0.132 e. The van der Waals surface area contributed by atoms with Crippen molar-refractivity contribution in [3.05, 3.63) is 12.2 Å². The molecule has 0 heterocycles. The van der Waals surface area contributed by atoms with Crippen LogP contribution in [0.5, 0.6) is 0 Å². The molecule has 2 rings (SSSR count). The van der Waals surface area contributed by atoms with Gasteiger partial charge in [-0.25, -0.2) is 0 Å². The van der Waals surface area contributed by atoms with Gasteiger partial charge in [0.05, 0.1) is 0 Å². The van der Waals surface area contributed by atoms with Gasteiger partial charge in [0.2, 0.25) is 0 Å². The molecule has 0 aliphatic heterocycles. The molecule has 0 aromatic heterocycles. The highest BCUT2D eigenvalue weighted by Gasteiger charge is 2.50. The third kappa shape index (κ3) is 1.66. The van der Waals surface area contributed by atoms with E-state index in [0.29, 0.717) is 12.2 Å². The SMILES string of the molecule is C=C1C2CCC(C2)C1(C)CCC(=O)CC. The van der Waals surface area contributed by atoms with E-state index in [1.165, 1.54) is 24.8 Å². The lowest BCUT2D eigenvalue weighted by Gasteiger charge is -2.36. The quantitative estimate of drug-likeness (QED) is 0.640. The number of ketones is 1. The molecular weight excluding hydrogens is 184 g/mol. The second kappa shape index (κ2) is 3.77. The lowest BCUT2D eigenvalue weighted by molar-refractivity contribution is -0.119. The van der Waals surface area contributed by atoms with E-state index in [2.05, 4.69) is 13.5 Å². The summed E-state index contributed by atoms with van der Waals surface area (Å²) in [5, 5.41) is 0. The maximum Gasteiger partial charge on any atom is 0.132 e. The van der Waals surface area contributed by atoms with Crippen LogP contribution in [0.3, 0.4) is 0 Å². The van der Waals surface area contributed by atoms with E-state index >= 15 is 0 Å². The molecule has 1 nitrogen and oxygen atoms in total. The number of hydrogen-bond donors (Lipinski definition) is 0. The minimum atomic E-state index is 0.285. The average molecular weight is 206 g/mol. The first kappa shape index (κ1) is 10.9. The Morgan fingerprint density at radius 2 is 2.27 bits per heavy atom. The van der Waals surface area contributed by atoms with Crippen molar-refractivity contribution in [2.45, 2.75) is 52.4 Å². The van der Waals surface area contributed by atoms with Crippen LogP contribution in [0.2, 0.25) is 0 Å². The summed E-state index contributed by atoms with van der Waals surface area (Å²) in [5.74, 6) is 2.00. The van der Waals surface area contributed by atoms with E-state index in [1.54, 1.807) is 0 Å². The van der Waals surface area contributed by atoms with Gasteiger partial charge in [0.25, 0.3) is 0 Å². The Kier molecular flexibility index (Phi) is 2.74. The summed E-state index contributed by atoms with van der Waals surface area (Å²) in [7, 11) is 0. The zero-order chi connectivity index (χ0) is 11.1. The zero-order valence-electron chi connectivity index (χ0n) is 10.0. The van der Waals surface area contributed by atoms with Crippen molar-refractivity contribution >= 4 is 5.78 Å². The Morgan fingerprint density at radius 3 is 2.80 bits per heavy atom. The van der Waals surface area contributed by atoms with Gasteiger partial charge in [0, 0.05) is 12.8 Å². The molecule has 15 heavy (non-hydrogen) atoms. The summed E-state index contributed by atoms with van der Waals surface area (Å²) in [6, 6.07) is 0. The topological polar surface area (TPSA) is 17.1 Å². The highest BCUT2D eigenvalue weighted by atomic mass is 16.1. The maximum absolute atomic E-state index is 11.4. The lowest BCUT2D eigenvalue weighted by atomic mass is 9.69. The van der Waals surface area contributed by atoms with Crippen LogP contribution in [0.25, 0.3) is 0 Å². The fourth-order valence-corrected chi connectivity index (χ4v) is 3.55. The number of carbonyl (C=O) groups is 1. The average Bonchev–Trinajstić information content (AvgIpc) is 2.80. The van der Waals surface area contributed by atoms with Gasteiger partial charge in [-0.2, -0.15) is 0 Å². The zero-order valence-corrected chi connectivity index (χ0v) is 10.0. The second-order valence-corrected chi connectivity index (χ2v) is 5.54. The summed E-state index contributed by atoms with van der Waals surface area (Å²) in [6.07, 6.45) is 6.54. The minimum absolute atomic E-state index is 0.285. The van der Waals surface area contributed by atoms with E-state index in [4.69, 9.17) is 0 Å². The van der Waals surface area contributed by atoms with Gasteiger partial charge >= 0.3 is 0 Å². The van der Waals surface area contributed by atoms with Crippen LogP contribution in [0.1, 0.15) is 52.4 Å². The van der Waals surface area contributed by atoms with E-state index in [-0.39, 0.29) is 5.41 Å². The summed E-state index contributed by atoms with van der Waals surface area (Å²) in [6.45, 7) is 8.58. The number of carbonyl (C=O) groups excluding carboxylic acids is 1. The van der Waals surface area contributed by atoms with Crippen molar-refractivity contribution in [3.8, 4) is 0 Å². The molecule has 0 spiro atoms. The summed E-state index contributed by atoms with van der Waals surface area (Å²) in [5.41, 5.74) is 1.73. The Labute approximate surface area is 92.9 Å². The highest BCUT2D eigenvalue weighted by molar-refractivity contribution is 5.78. The molecule has 2 bridgehead atoms. The van der Waals surface area contributed by atoms with Gasteiger partial charge in [-0.05, 0) is 42.9 Å². The van der Waals surface area contributed by atoms with Gasteiger partial charge in [-0.1, -0.05) is 26.0 Å². The normalized spacial score (nSPS) is 38.7. The third-order valence-electron chi connectivity index (χ3n) is 4.88. The monoisotopic (exact) mass is 206 g/mol. The van der Waals surface area contributed by atoms with Gasteiger partial charge < -0.3 is 0 Å². The molecule has 2 saturated carbocycles. The number of fused-ring (bicyclic) bond motifs is 2. The standard InChI is InChI=1S/C14H22O/c1-4-13(15)7-8-14(3)10(2)11-5-6-12(14)9-11/h11-12H,2,4-9H2,1,3H3. The van der Waals surface area contributed by atoms with Crippen molar-refractivity contribution in [1.29, 1.82) is 0 Å². The molecule has 0 amide bonds. The van der Waals surface area contributed by atoms with Crippen molar-refractivity contribution in [3.63, 3.8) is 0 Å². The molecule has 0 radical (unpaired) electrons. The molecule has 2 aliphatic carbocycles. The Bertz CT molecular complexity index is 292. The van der Waals surface area contributed by atoms with Crippen LogP contribution < -0.4 is 0 Å². The summed E-state index contributed by atoms with van der Waals surface area (Å²) >= 11 is 0. The Hall–Kier alpha value is -0.590. The second-order valence-electron chi connectivity index (χ2n) is 5.54. The van der Waals surface area contributed by atoms with Crippen LogP contribution in [0.15, 0.2) is 12.2 Å². The van der Waals surface area contributed by atoms with Gasteiger partial charge in [0.15, 0.2) is 0 Å². The van der Waals surface area contributed by atoms with Crippen molar-refractivity contribution in [1.82, 2.24) is 0 Å². The predicted molar refractivity (Wildman–Crippen MR) is 62.6 cm³/mol. The van der Waals surface area contributed by atoms with Crippen LogP contribution >= 0.6 is 0 Å². The van der Waals surface area contributed by atoms with Crippen LogP contribution in [0.4, 0.5) is 0 Å². The number of Topliss-reactive ketones (excluding diaryl/α,β-unsaturated/α-hetero) is 1. The number of rotatable bonds is 4. The maximum atomic E-state index is 11.4. The third-order valence-corrected chi connectivity index (χ3v) is 4.88. The van der Waals surface area contributed by atoms with E-state index in [0.717, 1.165) is 24.7 Å². The lowest BCUT2D eigenvalue weighted by Crippen LogP contribution is -2.27. The number of hydrogen-bond acceptors (Lipinski definition) is 1. The van der Waals surface area contributed by atoms with Crippen molar-refractivity contribution < 1.29 is 4.79 Å². The first-order chi connectivity index (χ1) is 7.08. The van der Waals surface area contributed by atoms with Crippen LogP contribution in [-0.2, 0) is 4.79 Å². The molecule has 0 N–H and O–H groups in total. The molecule has 3 unspecified atom stereocenters. The molecular formula is C14H22O. The largest absolute Gasteiger partial charge is 0.300 e. The van der Waals surface area contributed by atoms with Gasteiger partial charge in [0.1, 0.15) is 5.78 Å². The van der Waals surface area contributed by atoms with Crippen LogP contribution in [-0.4, -0.2) is 5.78 Å². The molecule has 3 atom stereocenters. The first-order valence-electron chi connectivity index (χ1n) is 6.29. The van der Waals surface area contributed by atoms with E-state index in [9.17, 15) is 4.79 Å². The van der Waals surface area contributed by atoms with Crippen LogP contribution in [0, 0.1) is 17.3 Å². The summed E-state index contributed by atoms with van der Waals surface area (Å²) < 4.78 is 0. The molecule has 0 aromatic carbocycles. The molecule has 0 aromatic rings.